The Hall–Kier alpha value is -0.810. The maximum absolute atomic E-state index is 12.2. The van der Waals surface area contributed by atoms with Gasteiger partial charge >= 0.3 is 6.09 Å². The third-order valence-corrected chi connectivity index (χ3v) is 4.54. The van der Waals surface area contributed by atoms with Crippen LogP contribution in [0.5, 0.6) is 0 Å². The first kappa shape index (κ1) is 17.5. The summed E-state index contributed by atoms with van der Waals surface area (Å²) in [5, 5.41) is 3.59. The molecule has 128 valence electrons. The first-order chi connectivity index (χ1) is 10.3. The molecule has 0 aliphatic carbocycles. The van der Waals surface area contributed by atoms with Crippen molar-refractivity contribution in [3.05, 3.63) is 0 Å². The maximum Gasteiger partial charge on any atom is 0.410 e. The molecule has 2 aliphatic heterocycles. The fourth-order valence-electron chi connectivity index (χ4n) is 3.50. The molecule has 1 N–H and O–H groups in total. The van der Waals surface area contributed by atoms with Crippen molar-refractivity contribution in [3.63, 3.8) is 0 Å². The number of hydrogen-bond acceptors (Lipinski definition) is 4. The minimum absolute atomic E-state index is 0.158. The van der Waals surface area contributed by atoms with Gasteiger partial charge in [-0.2, -0.15) is 0 Å². The Morgan fingerprint density at radius 2 is 1.91 bits per heavy atom. The number of carbonyl (C=O) groups excluding carboxylic acids is 1. The van der Waals surface area contributed by atoms with E-state index in [4.69, 9.17) is 4.74 Å². The summed E-state index contributed by atoms with van der Waals surface area (Å²) in [6, 6.07) is 0.288. The Kier molecular flexibility index (Phi) is 6.09. The molecule has 2 rings (SSSR count). The van der Waals surface area contributed by atoms with Gasteiger partial charge in [-0.05, 0) is 72.5 Å². The van der Waals surface area contributed by atoms with E-state index in [1.165, 1.54) is 25.9 Å². The lowest BCUT2D eigenvalue weighted by Gasteiger charge is -2.31. The number of ether oxygens (including phenoxy) is 1. The lowest BCUT2D eigenvalue weighted by atomic mass is 9.98. The molecule has 2 aliphatic rings. The Morgan fingerprint density at radius 3 is 2.59 bits per heavy atom. The quantitative estimate of drug-likeness (QED) is 0.865. The number of likely N-dealkylation sites (tertiary alicyclic amines) is 2. The molecule has 0 radical (unpaired) electrons. The highest BCUT2D eigenvalue weighted by atomic mass is 16.6. The van der Waals surface area contributed by atoms with E-state index < -0.39 is 5.60 Å². The van der Waals surface area contributed by atoms with Crippen molar-refractivity contribution in [2.24, 2.45) is 5.92 Å². The van der Waals surface area contributed by atoms with Gasteiger partial charge in [0.1, 0.15) is 5.60 Å². The lowest BCUT2D eigenvalue weighted by Crippen LogP contribution is -2.45. The third-order valence-electron chi connectivity index (χ3n) is 4.54. The molecule has 0 aromatic carbocycles. The SMILES string of the molecule is CN1CCCC(CNCC2CCCN2C(=O)OC(C)(C)C)C1. The molecule has 5 heteroatoms. The summed E-state index contributed by atoms with van der Waals surface area (Å²) < 4.78 is 5.51. The largest absolute Gasteiger partial charge is 0.444 e. The smallest absolute Gasteiger partial charge is 0.410 e. The monoisotopic (exact) mass is 311 g/mol. The lowest BCUT2D eigenvalue weighted by molar-refractivity contribution is 0.0225. The number of amides is 1. The van der Waals surface area contributed by atoms with E-state index in [1.54, 1.807) is 0 Å². The molecule has 0 saturated carbocycles. The second kappa shape index (κ2) is 7.64. The highest BCUT2D eigenvalue weighted by molar-refractivity contribution is 5.69. The van der Waals surface area contributed by atoms with Gasteiger partial charge in [0.15, 0.2) is 0 Å². The Balaban J connectivity index is 1.73. The topological polar surface area (TPSA) is 44.8 Å². The molecule has 0 bridgehead atoms. The maximum atomic E-state index is 12.2. The van der Waals surface area contributed by atoms with E-state index in [0.717, 1.165) is 38.4 Å². The van der Waals surface area contributed by atoms with Crippen LogP contribution in [0.25, 0.3) is 0 Å². The van der Waals surface area contributed by atoms with Crippen LogP contribution < -0.4 is 5.32 Å². The van der Waals surface area contributed by atoms with E-state index in [2.05, 4.69) is 17.3 Å². The first-order valence-corrected chi connectivity index (χ1v) is 8.74. The van der Waals surface area contributed by atoms with Gasteiger partial charge in [-0.3, -0.25) is 0 Å². The summed E-state index contributed by atoms with van der Waals surface area (Å²) in [5.74, 6) is 0.745. The van der Waals surface area contributed by atoms with Crippen molar-refractivity contribution in [1.29, 1.82) is 0 Å². The predicted octanol–water partition coefficient (Wildman–Crippen LogP) is 2.32. The molecule has 1 amide bonds. The molecule has 2 atom stereocenters. The van der Waals surface area contributed by atoms with E-state index in [1.807, 2.05) is 25.7 Å². The molecule has 22 heavy (non-hydrogen) atoms. The number of hydrogen-bond donors (Lipinski definition) is 1. The Labute approximate surface area is 135 Å². The van der Waals surface area contributed by atoms with Crippen LogP contribution in [0.15, 0.2) is 0 Å². The number of nitrogens with zero attached hydrogens (tertiary/aromatic N) is 2. The second-order valence-corrected chi connectivity index (χ2v) is 7.90. The number of carbonyl (C=O) groups is 1. The summed E-state index contributed by atoms with van der Waals surface area (Å²) in [7, 11) is 2.20. The molecule has 2 saturated heterocycles. The van der Waals surface area contributed by atoms with Gasteiger partial charge < -0.3 is 19.9 Å². The van der Waals surface area contributed by atoms with Crippen LogP contribution in [0.3, 0.4) is 0 Å². The Morgan fingerprint density at radius 1 is 1.18 bits per heavy atom. The van der Waals surface area contributed by atoms with E-state index >= 15 is 0 Å². The standard InChI is InChI=1S/C17H33N3O2/c1-17(2,3)22-16(21)20-10-6-8-15(20)12-18-11-14-7-5-9-19(4)13-14/h14-15,18H,5-13H2,1-4H3. The predicted molar refractivity (Wildman–Crippen MR) is 89.1 cm³/mol. The summed E-state index contributed by atoms with van der Waals surface area (Å²) >= 11 is 0. The minimum Gasteiger partial charge on any atom is -0.444 e. The van der Waals surface area contributed by atoms with Gasteiger partial charge in [0.05, 0.1) is 0 Å². The first-order valence-electron chi connectivity index (χ1n) is 8.74. The molecule has 2 unspecified atom stereocenters. The molecular formula is C17H33N3O2. The van der Waals surface area contributed by atoms with Crippen molar-refractivity contribution in [1.82, 2.24) is 15.1 Å². The fourth-order valence-corrected chi connectivity index (χ4v) is 3.50. The fraction of sp³-hybridized carbons (Fsp3) is 0.941. The molecule has 2 heterocycles. The van der Waals surface area contributed by atoms with Crippen molar-refractivity contribution in [2.75, 3.05) is 39.8 Å². The average Bonchev–Trinajstić information content (AvgIpc) is 2.85. The zero-order valence-corrected chi connectivity index (χ0v) is 14.7. The van der Waals surface area contributed by atoms with Crippen LogP contribution >= 0.6 is 0 Å². The van der Waals surface area contributed by atoms with Crippen LogP contribution in [0.4, 0.5) is 4.79 Å². The van der Waals surface area contributed by atoms with Gasteiger partial charge in [0, 0.05) is 25.7 Å². The van der Waals surface area contributed by atoms with Crippen molar-refractivity contribution >= 4 is 6.09 Å². The molecular weight excluding hydrogens is 278 g/mol. The van der Waals surface area contributed by atoms with Gasteiger partial charge in [-0.1, -0.05) is 0 Å². The Bertz CT molecular complexity index is 367. The summed E-state index contributed by atoms with van der Waals surface area (Å²) in [6.45, 7) is 11.0. The highest BCUT2D eigenvalue weighted by Gasteiger charge is 2.32. The van der Waals surface area contributed by atoms with Crippen LogP contribution in [0.2, 0.25) is 0 Å². The van der Waals surface area contributed by atoms with Crippen LogP contribution in [0.1, 0.15) is 46.5 Å². The number of piperidine rings is 1. The normalized spacial score (nSPS) is 27.2. The molecule has 0 aromatic rings. The summed E-state index contributed by atoms with van der Waals surface area (Å²) in [6.07, 6.45) is 4.62. The number of nitrogens with one attached hydrogen (secondary N) is 1. The van der Waals surface area contributed by atoms with Crippen molar-refractivity contribution in [3.8, 4) is 0 Å². The van der Waals surface area contributed by atoms with Gasteiger partial charge in [-0.15, -0.1) is 0 Å². The van der Waals surface area contributed by atoms with E-state index in [0.29, 0.717) is 0 Å². The second-order valence-electron chi connectivity index (χ2n) is 7.90. The minimum atomic E-state index is -0.412. The highest BCUT2D eigenvalue weighted by Crippen LogP contribution is 2.20. The zero-order valence-electron chi connectivity index (χ0n) is 14.7. The molecule has 5 nitrogen and oxygen atoms in total. The van der Waals surface area contributed by atoms with Crippen LogP contribution in [-0.2, 0) is 4.74 Å². The molecule has 0 spiro atoms. The summed E-state index contributed by atoms with van der Waals surface area (Å²) in [5.41, 5.74) is -0.412. The average molecular weight is 311 g/mol. The molecule has 0 aromatic heterocycles. The van der Waals surface area contributed by atoms with Crippen molar-refractivity contribution in [2.45, 2.75) is 58.1 Å². The van der Waals surface area contributed by atoms with E-state index in [-0.39, 0.29) is 12.1 Å². The molecule has 2 fully saturated rings. The van der Waals surface area contributed by atoms with Crippen LogP contribution in [0, 0.1) is 5.92 Å². The third kappa shape index (κ3) is 5.43. The van der Waals surface area contributed by atoms with Crippen molar-refractivity contribution < 1.29 is 9.53 Å². The van der Waals surface area contributed by atoms with Gasteiger partial charge in [0.2, 0.25) is 0 Å². The number of rotatable bonds is 4. The van der Waals surface area contributed by atoms with Gasteiger partial charge in [-0.25, -0.2) is 4.79 Å². The van der Waals surface area contributed by atoms with Gasteiger partial charge in [0.25, 0.3) is 0 Å². The van der Waals surface area contributed by atoms with E-state index in [9.17, 15) is 4.79 Å². The van der Waals surface area contributed by atoms with Crippen LogP contribution in [-0.4, -0.2) is 67.3 Å². The zero-order chi connectivity index (χ0) is 16.2. The summed E-state index contributed by atoms with van der Waals surface area (Å²) in [4.78, 5) is 16.6.